The highest BCUT2D eigenvalue weighted by molar-refractivity contribution is 4.90. The van der Waals surface area contributed by atoms with Gasteiger partial charge in [0.05, 0.1) is 13.2 Å². The number of hydrogen-bond donors (Lipinski definition) is 1. The molecule has 0 aromatic carbocycles. The van der Waals surface area contributed by atoms with Gasteiger partial charge >= 0.3 is 0 Å². The predicted octanol–water partition coefficient (Wildman–Crippen LogP) is 1.51. The minimum Gasteiger partial charge on any atom is -0.382 e. The fourth-order valence-corrected chi connectivity index (χ4v) is 2.20. The predicted molar refractivity (Wildman–Crippen MR) is 83.3 cm³/mol. The van der Waals surface area contributed by atoms with Gasteiger partial charge in [-0.3, -0.25) is 0 Å². The molecule has 1 N–H and O–H groups in total. The van der Waals surface area contributed by atoms with E-state index in [2.05, 4.69) is 36.2 Å². The Bertz CT molecular complexity index is 368. The summed E-state index contributed by atoms with van der Waals surface area (Å²) in [4.78, 5) is 4.40. The molecule has 0 radical (unpaired) electrons. The highest BCUT2D eigenvalue weighted by Gasteiger charge is 2.13. The van der Waals surface area contributed by atoms with Crippen LogP contribution in [0.2, 0.25) is 0 Å². The number of ether oxygens (including phenoxy) is 2. The molecule has 0 fully saturated rings. The topological polar surface area (TPSA) is 61.2 Å². The Morgan fingerprint density at radius 1 is 1.29 bits per heavy atom. The Hall–Kier alpha value is -0.980. The summed E-state index contributed by atoms with van der Waals surface area (Å²) in [5, 5.41) is 7.82. The van der Waals surface area contributed by atoms with E-state index < -0.39 is 0 Å². The van der Waals surface area contributed by atoms with E-state index in [0.29, 0.717) is 25.2 Å². The van der Waals surface area contributed by atoms with Crippen LogP contribution in [-0.4, -0.2) is 54.3 Å². The van der Waals surface area contributed by atoms with E-state index in [0.717, 1.165) is 38.4 Å². The lowest BCUT2D eigenvalue weighted by molar-refractivity contribution is 0.0657. The SMILES string of the molecule is CCNC(CCOCCOC)Cc1ncnn1CC(C)C. The summed E-state index contributed by atoms with van der Waals surface area (Å²) in [7, 11) is 1.69. The molecule has 1 aromatic heterocycles. The van der Waals surface area contributed by atoms with Crippen LogP contribution in [0.25, 0.3) is 0 Å². The Morgan fingerprint density at radius 2 is 2.10 bits per heavy atom. The molecule has 0 aliphatic heterocycles. The summed E-state index contributed by atoms with van der Waals surface area (Å²) in [6.45, 7) is 10.4. The maximum atomic E-state index is 5.56. The molecule has 0 bridgehead atoms. The smallest absolute Gasteiger partial charge is 0.138 e. The zero-order chi connectivity index (χ0) is 15.5. The monoisotopic (exact) mass is 298 g/mol. The molecule has 0 aliphatic carbocycles. The molecular formula is C15H30N4O2. The zero-order valence-electron chi connectivity index (χ0n) is 13.8. The van der Waals surface area contributed by atoms with Crippen LogP contribution in [0.15, 0.2) is 6.33 Å². The van der Waals surface area contributed by atoms with E-state index in [9.17, 15) is 0 Å². The molecule has 21 heavy (non-hydrogen) atoms. The number of rotatable bonds is 12. The molecule has 0 saturated heterocycles. The van der Waals surface area contributed by atoms with E-state index in [1.54, 1.807) is 13.4 Å². The van der Waals surface area contributed by atoms with Crippen LogP contribution < -0.4 is 5.32 Å². The molecule has 1 heterocycles. The molecule has 1 aromatic rings. The molecule has 6 nitrogen and oxygen atoms in total. The van der Waals surface area contributed by atoms with Crippen LogP contribution >= 0.6 is 0 Å². The number of nitrogens with zero attached hydrogens (tertiary/aromatic N) is 3. The fourth-order valence-electron chi connectivity index (χ4n) is 2.20. The summed E-state index contributed by atoms with van der Waals surface area (Å²) in [6, 6.07) is 0.368. The maximum absolute atomic E-state index is 5.56. The van der Waals surface area contributed by atoms with Gasteiger partial charge in [0.15, 0.2) is 0 Å². The average Bonchev–Trinajstić information content (AvgIpc) is 2.85. The van der Waals surface area contributed by atoms with Gasteiger partial charge in [0.1, 0.15) is 12.2 Å². The van der Waals surface area contributed by atoms with Gasteiger partial charge in [-0.1, -0.05) is 20.8 Å². The van der Waals surface area contributed by atoms with Crippen molar-refractivity contribution < 1.29 is 9.47 Å². The number of nitrogens with one attached hydrogen (secondary N) is 1. The summed E-state index contributed by atoms with van der Waals surface area (Å²) < 4.78 is 12.5. The first-order valence-electron chi connectivity index (χ1n) is 7.84. The van der Waals surface area contributed by atoms with Crippen molar-refractivity contribution in [3.05, 3.63) is 12.2 Å². The van der Waals surface area contributed by atoms with Crippen molar-refractivity contribution in [1.82, 2.24) is 20.1 Å². The molecule has 0 amide bonds. The first kappa shape index (κ1) is 18.1. The number of likely N-dealkylation sites (N-methyl/N-ethyl adjacent to an activating group) is 1. The summed E-state index contributed by atoms with van der Waals surface area (Å²) in [6.07, 6.45) is 3.50. The van der Waals surface area contributed by atoms with E-state index in [1.165, 1.54) is 0 Å². The second-order valence-electron chi connectivity index (χ2n) is 5.60. The van der Waals surface area contributed by atoms with Crippen LogP contribution in [0.3, 0.4) is 0 Å². The molecule has 1 unspecified atom stereocenters. The molecule has 1 rings (SSSR count). The van der Waals surface area contributed by atoms with E-state index >= 15 is 0 Å². The van der Waals surface area contributed by atoms with Crippen molar-refractivity contribution in [3.63, 3.8) is 0 Å². The van der Waals surface area contributed by atoms with Gasteiger partial charge in [-0.05, 0) is 18.9 Å². The van der Waals surface area contributed by atoms with Crippen LogP contribution in [-0.2, 0) is 22.4 Å². The summed E-state index contributed by atoms with van der Waals surface area (Å²) >= 11 is 0. The van der Waals surface area contributed by atoms with E-state index in [-0.39, 0.29) is 0 Å². The summed E-state index contributed by atoms with van der Waals surface area (Å²) in [5.74, 6) is 1.62. The van der Waals surface area contributed by atoms with Crippen LogP contribution in [0.5, 0.6) is 0 Å². The first-order valence-corrected chi connectivity index (χ1v) is 7.84. The van der Waals surface area contributed by atoms with Gasteiger partial charge in [-0.15, -0.1) is 0 Å². The second-order valence-corrected chi connectivity index (χ2v) is 5.60. The number of aromatic nitrogens is 3. The molecule has 122 valence electrons. The van der Waals surface area contributed by atoms with Gasteiger partial charge in [-0.25, -0.2) is 9.67 Å². The first-order chi connectivity index (χ1) is 10.2. The molecule has 1 atom stereocenters. The third-order valence-electron chi connectivity index (χ3n) is 3.20. The highest BCUT2D eigenvalue weighted by Crippen LogP contribution is 2.06. The van der Waals surface area contributed by atoms with Gasteiger partial charge in [-0.2, -0.15) is 5.10 Å². The van der Waals surface area contributed by atoms with Gasteiger partial charge in [0.25, 0.3) is 0 Å². The van der Waals surface area contributed by atoms with E-state index in [4.69, 9.17) is 9.47 Å². The quantitative estimate of drug-likeness (QED) is 0.593. The van der Waals surface area contributed by atoms with Gasteiger partial charge in [0, 0.05) is 32.7 Å². The third-order valence-corrected chi connectivity index (χ3v) is 3.20. The van der Waals surface area contributed by atoms with Crippen molar-refractivity contribution in [1.29, 1.82) is 0 Å². The normalized spacial score (nSPS) is 13.0. The van der Waals surface area contributed by atoms with Crippen molar-refractivity contribution in [3.8, 4) is 0 Å². The summed E-state index contributed by atoms with van der Waals surface area (Å²) in [5.41, 5.74) is 0. The lowest BCUT2D eigenvalue weighted by Gasteiger charge is -2.18. The van der Waals surface area contributed by atoms with Crippen molar-refractivity contribution in [2.24, 2.45) is 5.92 Å². The Kier molecular flexibility index (Phi) is 9.21. The Balaban J connectivity index is 2.44. The number of methoxy groups -OCH3 is 1. The minimum absolute atomic E-state index is 0.368. The van der Waals surface area contributed by atoms with Gasteiger partial charge < -0.3 is 14.8 Å². The van der Waals surface area contributed by atoms with Crippen LogP contribution in [0, 0.1) is 5.92 Å². The molecule has 0 saturated carbocycles. The molecule has 6 heteroatoms. The van der Waals surface area contributed by atoms with Crippen molar-refractivity contribution in [2.75, 3.05) is 33.5 Å². The van der Waals surface area contributed by atoms with Crippen LogP contribution in [0.4, 0.5) is 0 Å². The molecule has 0 aliphatic rings. The Labute approximate surface area is 128 Å². The van der Waals surface area contributed by atoms with Crippen molar-refractivity contribution in [2.45, 2.75) is 46.2 Å². The molecular weight excluding hydrogens is 268 g/mol. The van der Waals surface area contributed by atoms with Crippen LogP contribution in [0.1, 0.15) is 33.0 Å². The van der Waals surface area contributed by atoms with E-state index in [1.807, 2.05) is 4.68 Å². The lowest BCUT2D eigenvalue weighted by atomic mass is 10.1. The second kappa shape index (κ2) is 10.7. The average molecular weight is 298 g/mol. The zero-order valence-corrected chi connectivity index (χ0v) is 13.8. The van der Waals surface area contributed by atoms with Crippen molar-refractivity contribution >= 4 is 0 Å². The maximum Gasteiger partial charge on any atom is 0.138 e. The molecule has 0 spiro atoms. The number of hydrogen-bond acceptors (Lipinski definition) is 5. The Morgan fingerprint density at radius 3 is 2.76 bits per heavy atom. The minimum atomic E-state index is 0.368. The highest BCUT2D eigenvalue weighted by atomic mass is 16.5. The lowest BCUT2D eigenvalue weighted by Crippen LogP contribution is -2.33. The largest absolute Gasteiger partial charge is 0.382 e. The standard InChI is InChI=1S/C15H30N4O2/c1-5-16-14(6-7-21-9-8-20-4)10-15-17-12-18-19(15)11-13(2)3/h12-14,16H,5-11H2,1-4H3. The third kappa shape index (κ3) is 7.55. The van der Waals surface area contributed by atoms with Gasteiger partial charge in [0.2, 0.25) is 0 Å². The fraction of sp³-hybridized carbons (Fsp3) is 0.867.